The first-order chi connectivity index (χ1) is 8.46. The van der Waals surface area contributed by atoms with Gasteiger partial charge in [0.1, 0.15) is 0 Å². The van der Waals surface area contributed by atoms with Gasteiger partial charge in [0.25, 0.3) is 0 Å². The van der Waals surface area contributed by atoms with Crippen LogP contribution in [-0.2, 0) is 4.74 Å². The Balaban J connectivity index is 2.37. The van der Waals surface area contributed by atoms with Gasteiger partial charge in [-0.25, -0.2) is 0 Å². The Morgan fingerprint density at radius 3 is 2.67 bits per heavy atom. The molecule has 1 aliphatic heterocycles. The largest absolute Gasteiger partial charge is 0.381 e. The Labute approximate surface area is 113 Å². The van der Waals surface area contributed by atoms with Crippen molar-refractivity contribution in [3.8, 4) is 0 Å². The molecule has 1 atom stereocenters. The zero-order valence-corrected chi connectivity index (χ0v) is 13.0. The van der Waals surface area contributed by atoms with Crippen molar-refractivity contribution in [3.63, 3.8) is 0 Å². The third-order valence-corrected chi connectivity index (χ3v) is 3.71. The van der Waals surface area contributed by atoms with Crippen molar-refractivity contribution in [2.75, 3.05) is 32.8 Å². The summed E-state index contributed by atoms with van der Waals surface area (Å²) in [6, 6.07) is 0.671. The maximum absolute atomic E-state index is 5.58. The van der Waals surface area contributed by atoms with Crippen molar-refractivity contribution in [1.29, 1.82) is 0 Å². The Hall–Kier alpha value is -0.120. The fourth-order valence-corrected chi connectivity index (χ4v) is 2.71. The van der Waals surface area contributed by atoms with Crippen molar-refractivity contribution >= 4 is 0 Å². The van der Waals surface area contributed by atoms with E-state index >= 15 is 0 Å². The monoisotopic (exact) mass is 256 g/mol. The van der Waals surface area contributed by atoms with Gasteiger partial charge >= 0.3 is 0 Å². The highest BCUT2D eigenvalue weighted by Crippen LogP contribution is 2.20. The van der Waals surface area contributed by atoms with E-state index in [2.05, 4.69) is 44.8 Å². The van der Waals surface area contributed by atoms with Crippen molar-refractivity contribution < 1.29 is 4.74 Å². The maximum atomic E-state index is 5.58. The average Bonchev–Trinajstić information content (AvgIpc) is 2.27. The normalized spacial score (nSPS) is 24.7. The SMILES string of the molecule is CCCOCCCN1CC(C)(C)NCC1C(C)C. The first-order valence-corrected chi connectivity index (χ1v) is 7.53. The summed E-state index contributed by atoms with van der Waals surface area (Å²) in [5.74, 6) is 0.713. The molecule has 0 spiro atoms. The molecule has 0 aliphatic carbocycles. The summed E-state index contributed by atoms with van der Waals surface area (Å²) < 4.78 is 5.58. The van der Waals surface area contributed by atoms with Crippen LogP contribution in [0.3, 0.4) is 0 Å². The minimum absolute atomic E-state index is 0.246. The second-order valence-corrected chi connectivity index (χ2v) is 6.51. The standard InChI is InChI=1S/C15H32N2O/c1-6-9-18-10-7-8-17-12-15(4,5)16-11-14(17)13(2)3/h13-14,16H,6-12H2,1-5H3. The zero-order valence-electron chi connectivity index (χ0n) is 13.0. The van der Waals surface area contributed by atoms with Gasteiger partial charge in [-0.2, -0.15) is 0 Å². The fourth-order valence-electron chi connectivity index (χ4n) is 2.71. The van der Waals surface area contributed by atoms with E-state index in [0.29, 0.717) is 12.0 Å². The summed E-state index contributed by atoms with van der Waals surface area (Å²) in [6.07, 6.45) is 2.27. The lowest BCUT2D eigenvalue weighted by Crippen LogP contribution is -2.63. The van der Waals surface area contributed by atoms with Crippen molar-refractivity contribution in [2.45, 2.75) is 59.0 Å². The first-order valence-electron chi connectivity index (χ1n) is 7.53. The van der Waals surface area contributed by atoms with Crippen molar-refractivity contribution in [1.82, 2.24) is 10.2 Å². The van der Waals surface area contributed by atoms with E-state index in [1.165, 1.54) is 0 Å². The number of nitrogens with one attached hydrogen (secondary N) is 1. The van der Waals surface area contributed by atoms with Crippen LogP contribution in [0.4, 0.5) is 0 Å². The van der Waals surface area contributed by atoms with E-state index < -0.39 is 0 Å². The third kappa shape index (κ3) is 5.25. The summed E-state index contributed by atoms with van der Waals surface area (Å²) in [7, 11) is 0. The van der Waals surface area contributed by atoms with Crippen LogP contribution in [0.2, 0.25) is 0 Å². The number of hydrogen-bond acceptors (Lipinski definition) is 3. The van der Waals surface area contributed by atoms with Gasteiger partial charge in [0.05, 0.1) is 0 Å². The van der Waals surface area contributed by atoms with Gasteiger partial charge in [0.2, 0.25) is 0 Å². The van der Waals surface area contributed by atoms with Gasteiger partial charge in [-0.3, -0.25) is 4.90 Å². The van der Waals surface area contributed by atoms with Crippen LogP contribution in [0, 0.1) is 5.92 Å². The van der Waals surface area contributed by atoms with Gasteiger partial charge in [-0.05, 0) is 32.6 Å². The van der Waals surface area contributed by atoms with Crippen LogP contribution in [0.5, 0.6) is 0 Å². The average molecular weight is 256 g/mol. The number of rotatable bonds is 7. The summed E-state index contributed by atoms with van der Waals surface area (Å²) >= 11 is 0. The fraction of sp³-hybridized carbons (Fsp3) is 1.00. The summed E-state index contributed by atoms with van der Waals surface area (Å²) in [5, 5.41) is 3.66. The van der Waals surface area contributed by atoms with Gasteiger partial charge in [-0.1, -0.05) is 20.8 Å². The first kappa shape index (κ1) is 15.9. The molecular formula is C15H32N2O. The predicted molar refractivity (Wildman–Crippen MR) is 78.0 cm³/mol. The number of piperazine rings is 1. The van der Waals surface area contributed by atoms with E-state index in [1.807, 2.05) is 0 Å². The smallest absolute Gasteiger partial charge is 0.0478 e. The molecule has 0 aromatic rings. The van der Waals surface area contributed by atoms with Crippen LogP contribution in [-0.4, -0.2) is 49.3 Å². The molecule has 1 heterocycles. The molecule has 0 amide bonds. The third-order valence-electron chi connectivity index (χ3n) is 3.71. The van der Waals surface area contributed by atoms with E-state index in [9.17, 15) is 0 Å². The molecular weight excluding hydrogens is 224 g/mol. The van der Waals surface area contributed by atoms with Crippen LogP contribution in [0.25, 0.3) is 0 Å². The molecule has 0 aromatic heterocycles. The molecule has 3 nitrogen and oxygen atoms in total. The summed E-state index contributed by atoms with van der Waals surface area (Å²) in [4.78, 5) is 2.65. The summed E-state index contributed by atoms with van der Waals surface area (Å²) in [5.41, 5.74) is 0.246. The Bertz CT molecular complexity index is 229. The molecule has 0 aromatic carbocycles. The highest BCUT2D eigenvalue weighted by molar-refractivity contribution is 4.93. The lowest BCUT2D eigenvalue weighted by Gasteiger charge is -2.46. The Morgan fingerprint density at radius 2 is 2.06 bits per heavy atom. The highest BCUT2D eigenvalue weighted by atomic mass is 16.5. The molecule has 3 heteroatoms. The van der Waals surface area contributed by atoms with Gasteiger partial charge in [-0.15, -0.1) is 0 Å². The van der Waals surface area contributed by atoms with Gasteiger partial charge in [0, 0.05) is 44.4 Å². The maximum Gasteiger partial charge on any atom is 0.0478 e. The lowest BCUT2D eigenvalue weighted by molar-refractivity contribution is 0.0547. The summed E-state index contributed by atoms with van der Waals surface area (Å²) in [6.45, 7) is 16.6. The Kier molecular flexibility index (Phi) is 6.61. The molecule has 1 saturated heterocycles. The predicted octanol–water partition coefficient (Wildman–Crippen LogP) is 2.51. The van der Waals surface area contributed by atoms with E-state index in [0.717, 1.165) is 45.7 Å². The highest BCUT2D eigenvalue weighted by Gasteiger charge is 2.33. The van der Waals surface area contributed by atoms with E-state index in [1.54, 1.807) is 0 Å². The molecule has 0 radical (unpaired) electrons. The molecule has 1 unspecified atom stereocenters. The van der Waals surface area contributed by atoms with Gasteiger partial charge < -0.3 is 10.1 Å². The molecule has 0 saturated carbocycles. The molecule has 1 rings (SSSR count). The second-order valence-electron chi connectivity index (χ2n) is 6.51. The lowest BCUT2D eigenvalue weighted by atomic mass is 9.93. The molecule has 1 N–H and O–H groups in total. The van der Waals surface area contributed by atoms with E-state index in [4.69, 9.17) is 4.74 Å². The second kappa shape index (κ2) is 7.46. The molecule has 18 heavy (non-hydrogen) atoms. The number of hydrogen-bond donors (Lipinski definition) is 1. The van der Waals surface area contributed by atoms with Crippen LogP contribution in [0.1, 0.15) is 47.5 Å². The molecule has 1 aliphatic rings. The minimum atomic E-state index is 0.246. The quantitative estimate of drug-likeness (QED) is 0.708. The molecule has 108 valence electrons. The van der Waals surface area contributed by atoms with Crippen LogP contribution < -0.4 is 5.32 Å². The number of ether oxygens (including phenoxy) is 1. The van der Waals surface area contributed by atoms with Crippen LogP contribution in [0.15, 0.2) is 0 Å². The Morgan fingerprint density at radius 1 is 1.33 bits per heavy atom. The number of nitrogens with zero attached hydrogens (tertiary/aromatic N) is 1. The zero-order chi connectivity index (χ0) is 13.6. The topological polar surface area (TPSA) is 24.5 Å². The molecule has 1 fully saturated rings. The minimum Gasteiger partial charge on any atom is -0.381 e. The van der Waals surface area contributed by atoms with Crippen LogP contribution >= 0.6 is 0 Å². The van der Waals surface area contributed by atoms with E-state index in [-0.39, 0.29) is 5.54 Å². The van der Waals surface area contributed by atoms with Crippen molar-refractivity contribution in [2.24, 2.45) is 5.92 Å². The molecule has 0 bridgehead atoms. The van der Waals surface area contributed by atoms with Gasteiger partial charge in [0.15, 0.2) is 0 Å². The van der Waals surface area contributed by atoms with Crippen molar-refractivity contribution in [3.05, 3.63) is 0 Å².